The van der Waals surface area contributed by atoms with Crippen LogP contribution in [0.5, 0.6) is 0 Å². The zero-order valence-corrected chi connectivity index (χ0v) is 10.5. The van der Waals surface area contributed by atoms with Crippen molar-refractivity contribution in [3.8, 4) is 0 Å². The molecule has 0 spiro atoms. The third-order valence-electron chi connectivity index (χ3n) is 3.39. The molecule has 0 aromatic carbocycles. The average molecular weight is 208 g/mol. The first-order chi connectivity index (χ1) is 6.46. The van der Waals surface area contributed by atoms with Crippen LogP contribution in [0, 0.1) is 11.8 Å². The van der Waals surface area contributed by atoms with Gasteiger partial charge in [-0.3, -0.25) is 4.79 Å². The van der Waals surface area contributed by atoms with Crippen molar-refractivity contribution in [2.24, 2.45) is 11.8 Å². The third kappa shape index (κ3) is 2.00. The maximum Gasteiger partial charge on any atom is 0.136 e. The number of ketones is 1. The smallest absolute Gasteiger partial charge is 0.136 e. The highest BCUT2D eigenvalue weighted by molar-refractivity contribution is 6.81. The minimum atomic E-state index is -1.07. The molecule has 2 aliphatic rings. The van der Waals surface area contributed by atoms with Gasteiger partial charge in [0.25, 0.3) is 0 Å². The lowest BCUT2D eigenvalue weighted by molar-refractivity contribution is -0.120. The average Bonchev–Trinajstić information content (AvgIpc) is 2.51. The van der Waals surface area contributed by atoms with E-state index in [0.29, 0.717) is 17.6 Å². The van der Waals surface area contributed by atoms with E-state index in [-0.39, 0.29) is 0 Å². The zero-order chi connectivity index (χ0) is 10.3. The minimum Gasteiger partial charge on any atom is -0.299 e. The van der Waals surface area contributed by atoms with E-state index < -0.39 is 8.07 Å². The first kappa shape index (κ1) is 10.2. The standard InChI is InChI=1S/C12H20OSi/c1-14(2,3)8-9-6-10-4-5-12(13)11(10)7-9/h8,10-11H,4-7H2,1-3H3/b9-8-/t10-,11+/m0/s1. The van der Waals surface area contributed by atoms with Crippen molar-refractivity contribution in [2.45, 2.75) is 45.3 Å². The van der Waals surface area contributed by atoms with Gasteiger partial charge in [-0.25, -0.2) is 0 Å². The molecule has 2 saturated carbocycles. The van der Waals surface area contributed by atoms with E-state index in [9.17, 15) is 4.79 Å². The Morgan fingerprint density at radius 3 is 2.57 bits per heavy atom. The summed E-state index contributed by atoms with van der Waals surface area (Å²) in [5.74, 6) is 1.66. The van der Waals surface area contributed by atoms with Gasteiger partial charge < -0.3 is 0 Å². The Balaban J connectivity index is 2.09. The maximum atomic E-state index is 11.6. The van der Waals surface area contributed by atoms with Crippen molar-refractivity contribution in [2.75, 3.05) is 0 Å². The molecule has 0 aromatic heterocycles. The summed E-state index contributed by atoms with van der Waals surface area (Å²) in [4.78, 5) is 11.6. The SMILES string of the molecule is C[Si](C)(C)/C=C1/C[C@@H]2CCC(=O)[C@@H]2C1. The van der Waals surface area contributed by atoms with E-state index in [1.165, 1.54) is 6.42 Å². The van der Waals surface area contributed by atoms with Crippen LogP contribution in [0.1, 0.15) is 25.7 Å². The Morgan fingerprint density at radius 2 is 2.00 bits per heavy atom. The van der Waals surface area contributed by atoms with E-state index in [2.05, 4.69) is 25.3 Å². The normalized spacial score (nSPS) is 35.4. The van der Waals surface area contributed by atoms with Crippen molar-refractivity contribution in [1.29, 1.82) is 0 Å². The number of allylic oxidation sites excluding steroid dienone is 1. The molecule has 2 atom stereocenters. The molecule has 2 fully saturated rings. The second kappa shape index (κ2) is 3.33. The van der Waals surface area contributed by atoms with Crippen molar-refractivity contribution in [1.82, 2.24) is 0 Å². The molecule has 0 saturated heterocycles. The van der Waals surface area contributed by atoms with E-state index in [1.54, 1.807) is 5.57 Å². The summed E-state index contributed by atoms with van der Waals surface area (Å²) in [7, 11) is -1.07. The number of Topliss-reactive ketones (excluding diaryl/α,β-unsaturated/α-hetero) is 1. The molecular formula is C12H20OSi. The fourth-order valence-corrected chi connectivity index (χ4v) is 4.40. The van der Waals surface area contributed by atoms with Gasteiger partial charge in [0.15, 0.2) is 0 Å². The van der Waals surface area contributed by atoms with Crippen molar-refractivity contribution < 1.29 is 4.79 Å². The van der Waals surface area contributed by atoms with E-state index in [4.69, 9.17) is 0 Å². The fraction of sp³-hybridized carbons (Fsp3) is 0.750. The van der Waals surface area contributed by atoms with Crippen LogP contribution in [0.3, 0.4) is 0 Å². The van der Waals surface area contributed by atoms with Crippen molar-refractivity contribution >= 4 is 13.9 Å². The molecule has 0 heterocycles. The summed E-state index contributed by atoms with van der Waals surface area (Å²) >= 11 is 0. The van der Waals surface area contributed by atoms with Gasteiger partial charge in [-0.05, 0) is 25.2 Å². The number of hydrogen-bond donors (Lipinski definition) is 0. The lowest BCUT2D eigenvalue weighted by Crippen LogP contribution is -2.16. The molecule has 0 amide bonds. The molecule has 0 radical (unpaired) electrons. The molecule has 0 aliphatic heterocycles. The van der Waals surface area contributed by atoms with Crippen LogP contribution in [0.15, 0.2) is 11.3 Å². The largest absolute Gasteiger partial charge is 0.299 e. The third-order valence-corrected chi connectivity index (χ3v) is 4.66. The number of hydrogen-bond acceptors (Lipinski definition) is 1. The van der Waals surface area contributed by atoms with Gasteiger partial charge in [-0.2, -0.15) is 0 Å². The predicted octanol–water partition coefficient (Wildman–Crippen LogP) is 3.18. The van der Waals surface area contributed by atoms with Crippen LogP contribution in [0.4, 0.5) is 0 Å². The van der Waals surface area contributed by atoms with E-state index in [1.807, 2.05) is 0 Å². The topological polar surface area (TPSA) is 17.1 Å². The summed E-state index contributed by atoms with van der Waals surface area (Å²) in [6.45, 7) is 7.11. The predicted molar refractivity (Wildman–Crippen MR) is 61.9 cm³/mol. The molecule has 0 N–H and O–H groups in total. The minimum absolute atomic E-state index is 0.414. The van der Waals surface area contributed by atoms with Crippen LogP contribution in [0.25, 0.3) is 0 Å². The van der Waals surface area contributed by atoms with Crippen LogP contribution < -0.4 is 0 Å². The lowest BCUT2D eigenvalue weighted by Gasteiger charge is -2.11. The molecule has 2 rings (SSSR count). The molecule has 2 heteroatoms. The Bertz CT molecular complexity index is 285. The van der Waals surface area contributed by atoms with E-state index in [0.717, 1.165) is 19.3 Å². The number of carbonyl (C=O) groups is 1. The van der Waals surface area contributed by atoms with Gasteiger partial charge >= 0.3 is 0 Å². The zero-order valence-electron chi connectivity index (χ0n) is 9.47. The molecule has 0 aromatic rings. The van der Waals surface area contributed by atoms with Crippen molar-refractivity contribution in [3.63, 3.8) is 0 Å². The van der Waals surface area contributed by atoms with Gasteiger partial charge in [0.05, 0.1) is 8.07 Å². The van der Waals surface area contributed by atoms with Crippen LogP contribution >= 0.6 is 0 Å². The van der Waals surface area contributed by atoms with Gasteiger partial charge in [0.2, 0.25) is 0 Å². The summed E-state index contributed by atoms with van der Waals surface area (Å²) in [5, 5.41) is 0. The van der Waals surface area contributed by atoms with Gasteiger partial charge in [-0.15, -0.1) is 0 Å². The Kier molecular flexibility index (Phi) is 2.42. The lowest BCUT2D eigenvalue weighted by atomic mass is 10.0. The Hall–Kier alpha value is -0.373. The number of rotatable bonds is 1. The summed E-state index contributed by atoms with van der Waals surface area (Å²) < 4.78 is 0. The second-order valence-corrected chi connectivity index (χ2v) is 11.0. The van der Waals surface area contributed by atoms with Crippen LogP contribution in [-0.4, -0.2) is 13.9 Å². The Morgan fingerprint density at radius 1 is 1.29 bits per heavy atom. The van der Waals surface area contributed by atoms with Gasteiger partial charge in [0, 0.05) is 12.3 Å². The number of carbonyl (C=O) groups excluding carboxylic acids is 1. The molecule has 14 heavy (non-hydrogen) atoms. The highest BCUT2D eigenvalue weighted by atomic mass is 28.3. The first-order valence-corrected chi connectivity index (χ1v) is 9.27. The molecule has 1 nitrogen and oxygen atoms in total. The molecule has 0 bridgehead atoms. The molecule has 2 aliphatic carbocycles. The maximum absolute atomic E-state index is 11.6. The highest BCUT2D eigenvalue weighted by Gasteiger charge is 2.40. The Labute approximate surface area is 87.6 Å². The second-order valence-electron chi connectivity index (χ2n) is 5.95. The van der Waals surface area contributed by atoms with E-state index >= 15 is 0 Å². The van der Waals surface area contributed by atoms with Crippen LogP contribution in [0.2, 0.25) is 19.6 Å². The summed E-state index contributed by atoms with van der Waals surface area (Å²) in [6.07, 6.45) is 4.33. The molecule has 0 unspecified atom stereocenters. The monoisotopic (exact) mass is 208 g/mol. The molecular weight excluding hydrogens is 188 g/mol. The van der Waals surface area contributed by atoms with Gasteiger partial charge in [0.1, 0.15) is 5.78 Å². The molecule has 78 valence electrons. The summed E-state index contributed by atoms with van der Waals surface area (Å²) in [6, 6.07) is 0. The first-order valence-electron chi connectivity index (χ1n) is 5.69. The van der Waals surface area contributed by atoms with Crippen molar-refractivity contribution in [3.05, 3.63) is 11.3 Å². The number of fused-ring (bicyclic) bond motifs is 1. The quantitative estimate of drug-likeness (QED) is 0.605. The fourth-order valence-electron chi connectivity index (χ4n) is 2.93. The van der Waals surface area contributed by atoms with Gasteiger partial charge in [-0.1, -0.05) is 30.9 Å². The highest BCUT2D eigenvalue weighted by Crippen LogP contribution is 2.44. The van der Waals surface area contributed by atoms with Crippen LogP contribution in [-0.2, 0) is 4.79 Å². The summed E-state index contributed by atoms with van der Waals surface area (Å²) in [5.41, 5.74) is 4.10.